The first-order valence-corrected chi connectivity index (χ1v) is 7.22. The van der Waals surface area contributed by atoms with Crippen molar-refractivity contribution in [1.82, 2.24) is 0 Å². The summed E-state index contributed by atoms with van der Waals surface area (Å²) in [4.78, 5) is 11.4. The molecule has 0 saturated carbocycles. The van der Waals surface area contributed by atoms with E-state index in [-0.39, 0.29) is 11.9 Å². The van der Waals surface area contributed by atoms with Gasteiger partial charge in [-0.25, -0.2) is 0 Å². The summed E-state index contributed by atoms with van der Waals surface area (Å²) in [5.41, 5.74) is 6.23. The molecule has 0 radical (unpaired) electrons. The van der Waals surface area contributed by atoms with Crippen LogP contribution in [0.3, 0.4) is 0 Å². The first-order valence-electron chi connectivity index (χ1n) is 6.05. The van der Waals surface area contributed by atoms with E-state index in [9.17, 15) is 4.79 Å². The van der Waals surface area contributed by atoms with Crippen molar-refractivity contribution < 1.29 is 4.79 Å². The van der Waals surface area contributed by atoms with Crippen molar-refractivity contribution in [1.29, 1.82) is 0 Å². The summed E-state index contributed by atoms with van der Waals surface area (Å²) in [6, 6.07) is 5.13. The Labute approximate surface area is 121 Å². The lowest BCUT2D eigenvalue weighted by atomic mass is 10.1. The first kappa shape index (κ1) is 15.3. The van der Waals surface area contributed by atoms with Crippen molar-refractivity contribution >= 4 is 39.1 Å². The van der Waals surface area contributed by atoms with Gasteiger partial charge in [-0.1, -0.05) is 37.8 Å². The number of carbonyl (C=O) groups excluding carboxylic acids is 1. The van der Waals surface area contributed by atoms with Gasteiger partial charge in [-0.2, -0.15) is 0 Å². The number of carbonyl (C=O) groups is 1. The number of rotatable bonds is 7. The molecule has 0 bridgehead atoms. The zero-order valence-electron chi connectivity index (χ0n) is 10.4. The molecule has 100 valence electrons. The summed E-state index contributed by atoms with van der Waals surface area (Å²) in [5.74, 6) is -0.322. The molecule has 1 aromatic carbocycles. The highest BCUT2D eigenvalue weighted by molar-refractivity contribution is 9.10. The normalized spacial score (nSPS) is 12.2. The molecule has 0 aliphatic heterocycles. The average molecular weight is 334 g/mol. The van der Waals surface area contributed by atoms with Gasteiger partial charge < -0.3 is 11.1 Å². The summed E-state index contributed by atoms with van der Waals surface area (Å²) >= 11 is 9.26. The van der Waals surface area contributed by atoms with Gasteiger partial charge in [0.25, 0.3) is 0 Å². The number of primary amides is 1. The van der Waals surface area contributed by atoms with Crippen molar-refractivity contribution in [2.24, 2.45) is 5.73 Å². The Bertz CT molecular complexity index is 412. The van der Waals surface area contributed by atoms with E-state index >= 15 is 0 Å². The Kier molecular flexibility index (Phi) is 6.50. The molecule has 3 N–H and O–H groups in total. The van der Waals surface area contributed by atoms with E-state index < -0.39 is 0 Å². The van der Waals surface area contributed by atoms with Gasteiger partial charge in [-0.05, 0) is 40.5 Å². The van der Waals surface area contributed by atoms with Crippen LogP contribution in [-0.4, -0.2) is 11.9 Å². The highest BCUT2D eigenvalue weighted by Gasteiger charge is 2.14. The molecule has 0 aliphatic rings. The Hall–Kier alpha value is -0.740. The Morgan fingerprint density at radius 2 is 2.22 bits per heavy atom. The lowest BCUT2D eigenvalue weighted by Crippen LogP contribution is -2.35. The van der Waals surface area contributed by atoms with Crippen molar-refractivity contribution in [2.75, 3.05) is 5.32 Å². The predicted molar refractivity (Wildman–Crippen MR) is 79.9 cm³/mol. The molecule has 0 aromatic heterocycles. The standard InChI is InChI=1S/C13H18BrClN2O/c1-2-3-4-5-12(13(16)18)17-9-6-7-11(15)10(14)8-9/h6-8,12,17H,2-5H2,1H3,(H2,16,18). The zero-order chi connectivity index (χ0) is 13.5. The summed E-state index contributed by atoms with van der Waals surface area (Å²) in [6.07, 6.45) is 3.98. The molecule has 0 heterocycles. The smallest absolute Gasteiger partial charge is 0.239 e. The number of nitrogens with two attached hydrogens (primary N) is 1. The highest BCUT2D eigenvalue weighted by atomic mass is 79.9. The molecule has 1 rings (SSSR count). The fourth-order valence-electron chi connectivity index (χ4n) is 1.67. The second-order valence-electron chi connectivity index (χ2n) is 4.22. The van der Waals surface area contributed by atoms with Gasteiger partial charge >= 0.3 is 0 Å². The second kappa shape index (κ2) is 7.64. The van der Waals surface area contributed by atoms with Crippen molar-refractivity contribution in [3.05, 3.63) is 27.7 Å². The number of benzene rings is 1. The minimum atomic E-state index is -0.329. The van der Waals surface area contributed by atoms with Crippen molar-refractivity contribution in [3.63, 3.8) is 0 Å². The van der Waals surface area contributed by atoms with Gasteiger partial charge in [0.05, 0.1) is 5.02 Å². The number of halogens is 2. The lowest BCUT2D eigenvalue weighted by molar-refractivity contribution is -0.118. The van der Waals surface area contributed by atoms with Crippen LogP contribution in [0.2, 0.25) is 5.02 Å². The van der Waals surface area contributed by atoms with Crippen LogP contribution < -0.4 is 11.1 Å². The number of nitrogens with one attached hydrogen (secondary N) is 1. The minimum absolute atomic E-state index is 0.322. The number of hydrogen-bond acceptors (Lipinski definition) is 2. The second-order valence-corrected chi connectivity index (χ2v) is 5.49. The van der Waals surface area contributed by atoms with Crippen LogP contribution in [0.5, 0.6) is 0 Å². The topological polar surface area (TPSA) is 55.1 Å². The van der Waals surface area contributed by atoms with E-state index in [1.165, 1.54) is 0 Å². The van der Waals surface area contributed by atoms with Gasteiger partial charge in [0.15, 0.2) is 0 Å². The minimum Gasteiger partial charge on any atom is -0.374 e. The monoisotopic (exact) mass is 332 g/mol. The van der Waals surface area contributed by atoms with Crippen LogP contribution in [0, 0.1) is 0 Å². The molecular weight excluding hydrogens is 316 g/mol. The molecule has 5 heteroatoms. The summed E-state index contributed by atoms with van der Waals surface area (Å²) in [6.45, 7) is 2.13. The average Bonchev–Trinajstić information content (AvgIpc) is 2.32. The fraction of sp³-hybridized carbons (Fsp3) is 0.462. The maximum Gasteiger partial charge on any atom is 0.239 e. The molecule has 0 aliphatic carbocycles. The molecule has 1 atom stereocenters. The lowest BCUT2D eigenvalue weighted by Gasteiger charge is -2.17. The summed E-state index contributed by atoms with van der Waals surface area (Å²) < 4.78 is 0.797. The fourth-order valence-corrected chi connectivity index (χ4v) is 2.17. The Morgan fingerprint density at radius 3 is 2.78 bits per heavy atom. The van der Waals surface area contributed by atoms with Crippen LogP contribution in [0.4, 0.5) is 5.69 Å². The number of anilines is 1. The number of amides is 1. The molecule has 0 spiro atoms. The molecule has 1 amide bonds. The third-order valence-electron chi connectivity index (χ3n) is 2.70. The van der Waals surface area contributed by atoms with Gasteiger partial charge in [0.1, 0.15) is 6.04 Å². The summed E-state index contributed by atoms with van der Waals surface area (Å²) in [7, 11) is 0. The molecule has 18 heavy (non-hydrogen) atoms. The third-order valence-corrected chi connectivity index (χ3v) is 3.91. The van der Waals surface area contributed by atoms with E-state index in [1.54, 1.807) is 6.07 Å². The van der Waals surface area contributed by atoms with Crippen LogP contribution in [0.15, 0.2) is 22.7 Å². The van der Waals surface area contributed by atoms with Crippen LogP contribution in [0.1, 0.15) is 32.6 Å². The largest absolute Gasteiger partial charge is 0.374 e. The Morgan fingerprint density at radius 1 is 1.50 bits per heavy atom. The maximum atomic E-state index is 11.4. The van der Waals surface area contributed by atoms with Gasteiger partial charge in [0.2, 0.25) is 5.91 Å². The van der Waals surface area contributed by atoms with E-state index in [0.717, 1.165) is 35.8 Å². The number of hydrogen-bond donors (Lipinski definition) is 2. The van der Waals surface area contributed by atoms with Crippen LogP contribution >= 0.6 is 27.5 Å². The highest BCUT2D eigenvalue weighted by Crippen LogP contribution is 2.26. The van der Waals surface area contributed by atoms with Gasteiger partial charge in [-0.15, -0.1) is 0 Å². The number of unbranched alkanes of at least 4 members (excludes halogenated alkanes) is 2. The molecule has 3 nitrogen and oxygen atoms in total. The maximum absolute atomic E-state index is 11.4. The molecule has 0 saturated heterocycles. The van der Waals surface area contributed by atoms with Crippen LogP contribution in [0.25, 0.3) is 0 Å². The van der Waals surface area contributed by atoms with E-state index in [2.05, 4.69) is 28.2 Å². The van der Waals surface area contributed by atoms with Crippen molar-refractivity contribution in [3.8, 4) is 0 Å². The molecule has 1 aromatic rings. The van der Waals surface area contributed by atoms with E-state index in [4.69, 9.17) is 17.3 Å². The van der Waals surface area contributed by atoms with E-state index in [1.807, 2.05) is 12.1 Å². The SMILES string of the molecule is CCCCCC(Nc1ccc(Cl)c(Br)c1)C(N)=O. The molecule has 0 fully saturated rings. The quantitative estimate of drug-likeness (QED) is 0.742. The predicted octanol–water partition coefficient (Wildman–Crippen LogP) is 3.95. The summed E-state index contributed by atoms with van der Waals surface area (Å²) in [5, 5.41) is 3.78. The Balaban J connectivity index is 2.64. The van der Waals surface area contributed by atoms with E-state index in [0.29, 0.717) is 5.02 Å². The molecule has 1 unspecified atom stereocenters. The van der Waals surface area contributed by atoms with Gasteiger partial charge in [-0.3, -0.25) is 4.79 Å². The zero-order valence-corrected chi connectivity index (χ0v) is 12.7. The van der Waals surface area contributed by atoms with Crippen molar-refractivity contribution in [2.45, 2.75) is 38.6 Å². The van der Waals surface area contributed by atoms with Crippen LogP contribution in [-0.2, 0) is 4.79 Å². The first-order chi connectivity index (χ1) is 8.54. The molecular formula is C13H18BrClN2O. The van der Waals surface area contributed by atoms with Gasteiger partial charge in [0, 0.05) is 10.2 Å². The third kappa shape index (κ3) is 4.86.